The summed E-state index contributed by atoms with van der Waals surface area (Å²) in [7, 11) is 0. The molecular formula is C28H22Cl2F4N2O4. The zero-order valence-corrected chi connectivity index (χ0v) is 22.6. The van der Waals surface area contributed by atoms with Crippen molar-refractivity contribution in [3.63, 3.8) is 0 Å². The summed E-state index contributed by atoms with van der Waals surface area (Å²) < 4.78 is 62.1. The van der Waals surface area contributed by atoms with E-state index in [1.165, 1.54) is 24.3 Å². The van der Waals surface area contributed by atoms with Crippen molar-refractivity contribution in [1.82, 2.24) is 0 Å². The number of ether oxygens (including phenoxy) is 1. The van der Waals surface area contributed by atoms with Crippen LogP contribution in [0.5, 0.6) is 0 Å². The molecule has 2 aliphatic rings. The maximum Gasteiger partial charge on any atom is 0.435 e. The van der Waals surface area contributed by atoms with Gasteiger partial charge in [-0.15, -0.1) is 6.58 Å². The monoisotopic (exact) mass is 596 g/mol. The van der Waals surface area contributed by atoms with Gasteiger partial charge in [-0.3, -0.25) is 9.59 Å². The summed E-state index contributed by atoms with van der Waals surface area (Å²) in [4.78, 5) is 30.9. The predicted octanol–water partition coefficient (Wildman–Crippen LogP) is 7.25. The second-order valence-electron chi connectivity index (χ2n) is 9.86. The first kappa shape index (κ1) is 29.6. The Balaban J connectivity index is 1.57. The summed E-state index contributed by atoms with van der Waals surface area (Å²) in [5.74, 6) is -3.60. The highest BCUT2D eigenvalue weighted by Gasteiger charge is 2.62. The topological polar surface area (TPSA) is 88.8 Å². The summed E-state index contributed by atoms with van der Waals surface area (Å²) in [5, 5.41) is 11.7. The fourth-order valence-electron chi connectivity index (χ4n) is 4.38. The van der Waals surface area contributed by atoms with Gasteiger partial charge in [0.2, 0.25) is 0 Å². The number of allylic oxidation sites excluding steroid dienone is 1. The minimum atomic E-state index is -4.98. The van der Waals surface area contributed by atoms with Gasteiger partial charge < -0.3 is 9.57 Å². The Morgan fingerprint density at radius 2 is 1.90 bits per heavy atom. The molecule has 0 aromatic heterocycles. The average Bonchev–Trinajstić information content (AvgIpc) is 3.54. The largest absolute Gasteiger partial charge is 0.463 e. The molecule has 0 bridgehead atoms. The number of aryl methyl sites for hydroxylation is 1. The smallest absolute Gasteiger partial charge is 0.435 e. The van der Waals surface area contributed by atoms with Crippen LogP contribution in [0, 0.1) is 35.4 Å². The number of benzene rings is 2. The van der Waals surface area contributed by atoms with Crippen LogP contribution in [-0.4, -0.2) is 30.2 Å². The fourth-order valence-corrected chi connectivity index (χ4v) is 4.87. The number of alkyl halides is 3. The van der Waals surface area contributed by atoms with Crippen LogP contribution in [0.25, 0.3) is 0 Å². The van der Waals surface area contributed by atoms with Gasteiger partial charge in [-0.25, -0.2) is 4.39 Å². The first-order chi connectivity index (χ1) is 18.8. The Hall–Kier alpha value is -3.42. The van der Waals surface area contributed by atoms with Crippen LogP contribution in [0.3, 0.4) is 0 Å². The number of hydrogen-bond acceptors (Lipinski definition) is 6. The minimum absolute atomic E-state index is 0.00412. The van der Waals surface area contributed by atoms with E-state index >= 15 is 0 Å². The summed E-state index contributed by atoms with van der Waals surface area (Å²) in [6.07, 6.45) is -3.12. The molecule has 1 fully saturated rings. The van der Waals surface area contributed by atoms with Crippen molar-refractivity contribution in [3.8, 4) is 6.07 Å². The predicted molar refractivity (Wildman–Crippen MR) is 138 cm³/mol. The van der Waals surface area contributed by atoms with Crippen LogP contribution in [-0.2, 0) is 20.0 Å². The van der Waals surface area contributed by atoms with Crippen LogP contribution in [0.2, 0.25) is 10.0 Å². The molecule has 40 heavy (non-hydrogen) atoms. The van der Waals surface area contributed by atoms with Crippen molar-refractivity contribution in [2.45, 2.75) is 44.4 Å². The first-order valence-corrected chi connectivity index (χ1v) is 12.8. The minimum Gasteiger partial charge on any atom is -0.463 e. The molecule has 4 rings (SSSR count). The van der Waals surface area contributed by atoms with Gasteiger partial charge in [0.1, 0.15) is 12.5 Å². The lowest BCUT2D eigenvalue weighted by Gasteiger charge is -2.29. The van der Waals surface area contributed by atoms with Gasteiger partial charge >= 0.3 is 12.1 Å². The number of nitriles is 1. The third kappa shape index (κ3) is 5.45. The van der Waals surface area contributed by atoms with Gasteiger partial charge in [-0.1, -0.05) is 46.6 Å². The molecule has 0 radical (unpaired) electrons. The van der Waals surface area contributed by atoms with E-state index in [1.807, 2.05) is 0 Å². The Bertz CT molecular complexity index is 1440. The first-order valence-electron chi connectivity index (χ1n) is 12.1. The number of ketones is 1. The second-order valence-corrected chi connectivity index (χ2v) is 10.7. The van der Waals surface area contributed by atoms with Crippen molar-refractivity contribution >= 4 is 40.7 Å². The van der Waals surface area contributed by atoms with E-state index in [0.717, 1.165) is 12.1 Å². The molecular weight excluding hydrogens is 575 g/mol. The highest BCUT2D eigenvalue weighted by molar-refractivity contribution is 6.35. The summed E-state index contributed by atoms with van der Waals surface area (Å²) >= 11 is 11.5. The lowest BCUT2D eigenvalue weighted by Crippen LogP contribution is -2.42. The number of rotatable bonds is 9. The van der Waals surface area contributed by atoms with Gasteiger partial charge in [0.15, 0.2) is 11.6 Å². The zero-order chi connectivity index (χ0) is 29.5. The molecule has 0 N–H and O–H groups in total. The Labute approximate surface area is 237 Å². The van der Waals surface area contributed by atoms with E-state index in [2.05, 4.69) is 17.8 Å². The van der Waals surface area contributed by atoms with Crippen LogP contribution in [0.15, 0.2) is 48.1 Å². The molecule has 1 aliphatic carbocycles. The third-order valence-corrected chi connectivity index (χ3v) is 7.60. The van der Waals surface area contributed by atoms with Crippen molar-refractivity contribution in [1.29, 1.82) is 5.26 Å². The highest BCUT2D eigenvalue weighted by atomic mass is 35.5. The van der Waals surface area contributed by atoms with E-state index in [4.69, 9.17) is 32.8 Å². The van der Waals surface area contributed by atoms with Crippen molar-refractivity contribution in [2.24, 2.45) is 16.5 Å². The van der Waals surface area contributed by atoms with Crippen LogP contribution in [0.1, 0.15) is 52.7 Å². The molecule has 0 saturated heterocycles. The maximum atomic E-state index is 14.3. The fraction of sp³-hybridized carbons (Fsp3) is 0.357. The lowest BCUT2D eigenvalue weighted by atomic mass is 9.85. The van der Waals surface area contributed by atoms with Gasteiger partial charge in [0, 0.05) is 17.5 Å². The number of Topliss-reactive ketones (excluding diaryl/α,β-unsaturated/α-hetero) is 1. The second kappa shape index (κ2) is 10.9. The number of carbonyl (C=O) groups excluding carboxylic acids is 2. The molecule has 2 unspecified atom stereocenters. The molecule has 1 saturated carbocycles. The quantitative estimate of drug-likeness (QED) is 0.0759. The van der Waals surface area contributed by atoms with Gasteiger partial charge in [0.25, 0.3) is 5.60 Å². The van der Waals surface area contributed by atoms with Gasteiger partial charge in [-0.05, 0) is 55.5 Å². The molecule has 210 valence electrons. The van der Waals surface area contributed by atoms with E-state index in [0.29, 0.717) is 18.4 Å². The summed E-state index contributed by atoms with van der Waals surface area (Å²) in [6, 6.07) is 7.93. The van der Waals surface area contributed by atoms with Crippen molar-refractivity contribution in [2.75, 3.05) is 6.61 Å². The van der Waals surface area contributed by atoms with E-state index in [1.54, 1.807) is 6.92 Å². The molecule has 0 amide bonds. The number of halogens is 6. The normalized spacial score (nSPS) is 20.1. The molecule has 2 atom stereocenters. The van der Waals surface area contributed by atoms with E-state index in [-0.39, 0.29) is 29.9 Å². The SMILES string of the molecule is C=CCC(C(=O)OCC1(C#N)CC1)C(=O)c1ccc(C2=NOC(c3cc(Cl)c(F)c(Cl)c3)(C(F)(F)F)C2)cc1C. The van der Waals surface area contributed by atoms with Gasteiger partial charge in [0.05, 0.1) is 27.2 Å². The van der Waals surface area contributed by atoms with Crippen molar-refractivity contribution < 1.29 is 36.7 Å². The van der Waals surface area contributed by atoms with Gasteiger partial charge in [-0.2, -0.15) is 18.4 Å². The number of hydrogen-bond donors (Lipinski definition) is 0. The zero-order valence-electron chi connectivity index (χ0n) is 21.1. The molecule has 2 aromatic carbocycles. The van der Waals surface area contributed by atoms with E-state index < -0.39 is 62.7 Å². The number of nitrogens with zero attached hydrogens (tertiary/aromatic N) is 2. The molecule has 2 aromatic rings. The van der Waals surface area contributed by atoms with Crippen LogP contribution in [0.4, 0.5) is 17.6 Å². The Kier molecular flexibility index (Phi) is 8.03. The molecule has 0 spiro atoms. The lowest BCUT2D eigenvalue weighted by molar-refractivity contribution is -0.275. The molecule has 1 heterocycles. The number of esters is 1. The summed E-state index contributed by atoms with van der Waals surface area (Å²) in [5.41, 5.74) is -3.49. The third-order valence-electron chi connectivity index (χ3n) is 7.05. The van der Waals surface area contributed by atoms with Crippen LogP contribution < -0.4 is 0 Å². The summed E-state index contributed by atoms with van der Waals surface area (Å²) in [6.45, 7) is 5.05. The molecule has 12 heteroatoms. The van der Waals surface area contributed by atoms with Crippen molar-refractivity contribution in [3.05, 3.63) is 81.1 Å². The van der Waals surface area contributed by atoms with E-state index in [9.17, 15) is 32.4 Å². The Morgan fingerprint density at radius 3 is 2.42 bits per heavy atom. The molecule has 1 aliphatic heterocycles. The maximum absolute atomic E-state index is 14.3. The standard InChI is InChI=1S/C28H22Cl2F4N2O4/c1-3-4-19(25(38)39-14-26(13-35)7-8-26)24(37)18-6-5-16(9-15(18)2)22-12-27(40-36-22,28(32,33)34)17-10-20(29)23(31)21(30)11-17/h3,5-6,9-11,19H,1,4,7-8,12,14H2,2H3. The molecule has 6 nitrogen and oxygen atoms in total. The average molecular weight is 597 g/mol. The number of carbonyl (C=O) groups is 2. The Morgan fingerprint density at radius 1 is 1.25 bits per heavy atom. The van der Waals surface area contributed by atoms with Crippen LogP contribution >= 0.6 is 23.2 Å². The number of oxime groups is 1. The highest BCUT2D eigenvalue weighted by Crippen LogP contribution is 2.50.